The number of likely N-dealkylation sites (tertiary alicyclic amines) is 1. The normalized spacial score (nSPS) is 16.1. The third-order valence-corrected chi connectivity index (χ3v) is 13.7. The minimum Gasteiger partial charge on any atom is -0.508 e. The average Bonchev–Trinajstić information content (AvgIpc) is 3.48. The monoisotopic (exact) mass is 1260 g/mol. The van der Waals surface area contributed by atoms with E-state index in [1.807, 2.05) is 5.32 Å². The zero-order valence-electron chi connectivity index (χ0n) is 50.2. The van der Waals surface area contributed by atoms with E-state index in [2.05, 4.69) is 47.9 Å². The highest BCUT2D eigenvalue weighted by atomic mass is 16.4. The summed E-state index contributed by atoms with van der Waals surface area (Å²) in [4.78, 5) is 209. The van der Waals surface area contributed by atoms with E-state index in [1.54, 1.807) is 20.8 Å². The Morgan fingerprint density at radius 3 is 1.58 bits per heavy atom. The van der Waals surface area contributed by atoms with Crippen molar-refractivity contribution in [1.82, 2.24) is 58.1 Å². The molecule has 0 aliphatic carbocycles. The molecule has 494 valence electrons. The average molecular weight is 1260 g/mol. The molecule has 0 radical (unpaired) electrons. The van der Waals surface area contributed by atoms with Crippen LogP contribution in [0, 0.1) is 11.8 Å². The van der Waals surface area contributed by atoms with Crippen molar-refractivity contribution >= 4 is 94.6 Å². The molecule has 1 aliphatic rings. The number of aromatic hydroxyl groups is 1. The largest absolute Gasteiger partial charge is 0.508 e. The number of aliphatic hydroxyl groups is 2. The number of carbonyl (C=O) groups excluding carboxylic acids is 13. The number of carboxylic acid groups (broad SMARTS) is 3. The fraction of sp³-hybridized carbons (Fsp3) is 0.600. The first-order valence-electron chi connectivity index (χ1n) is 28.5. The Morgan fingerprint density at radius 1 is 0.584 bits per heavy atom. The molecule has 0 spiro atoms. The van der Waals surface area contributed by atoms with Crippen LogP contribution in [0.3, 0.4) is 0 Å². The number of carbonyl (C=O) groups is 16. The van der Waals surface area contributed by atoms with Gasteiger partial charge in [-0.05, 0) is 68.6 Å². The van der Waals surface area contributed by atoms with Crippen LogP contribution in [0.15, 0.2) is 24.3 Å². The number of nitrogens with one attached hydrogen (secondary N) is 10. The summed E-state index contributed by atoms with van der Waals surface area (Å²) in [5.41, 5.74) is 5.54. The van der Waals surface area contributed by atoms with E-state index >= 15 is 0 Å². The number of nitrogens with zero attached hydrogens (tertiary/aromatic N) is 1. The first-order chi connectivity index (χ1) is 41.6. The lowest BCUT2D eigenvalue weighted by Gasteiger charge is -2.33. The summed E-state index contributed by atoms with van der Waals surface area (Å²) in [5.74, 6) is -19.8. The third-order valence-electron chi connectivity index (χ3n) is 13.7. The zero-order valence-corrected chi connectivity index (χ0v) is 50.2. The Labute approximate surface area is 510 Å². The molecule has 2 rings (SSSR count). The number of carboxylic acids is 3. The lowest BCUT2D eigenvalue weighted by atomic mass is 9.98. The van der Waals surface area contributed by atoms with Gasteiger partial charge in [-0.25, -0.2) is 0 Å². The number of primary amides is 1. The minimum absolute atomic E-state index is 0.00838. The first-order valence-corrected chi connectivity index (χ1v) is 28.5. The smallest absolute Gasteiger partial charge is 0.305 e. The van der Waals surface area contributed by atoms with Crippen LogP contribution in [0.2, 0.25) is 0 Å². The predicted octanol–water partition coefficient (Wildman–Crippen LogP) is -5.83. The number of hydrogen-bond donors (Lipinski definition) is 17. The number of rotatable bonds is 38. The molecule has 1 fully saturated rings. The van der Waals surface area contributed by atoms with Crippen LogP contribution in [-0.4, -0.2) is 216 Å². The van der Waals surface area contributed by atoms with E-state index in [9.17, 15) is 102 Å². The SMILES string of the molecule is CCC[C@H](NC(=O)C1CCCN1C(=O)[C@@H](NC(=O)[C@@H](NC(=O)[C@H](CCC(=O)O)NC(=O)[C@H](CCC(=O)O)NC(C)=O)C(C)C)C(C)C)C(=O)C(=O)NCC(=O)N[C@H](C(=O)N[C@@H](CC(=O)O)C(=O)N[C@@H](Cc1ccc(O)cc1)C(=O)N[C@@H](CO)C(N)=O)C(C)O. The number of Topliss-reactive ketones (excluding diaryl/α,β-unsaturated/α-hetero) is 1. The number of phenols is 1. The molecule has 12 amide bonds. The van der Waals surface area contributed by atoms with E-state index in [4.69, 9.17) is 10.8 Å². The maximum Gasteiger partial charge on any atom is 0.305 e. The Balaban J connectivity index is 2.23. The third kappa shape index (κ3) is 25.5. The van der Waals surface area contributed by atoms with Gasteiger partial charge in [0, 0.05) is 32.7 Å². The van der Waals surface area contributed by atoms with Crippen LogP contribution in [0.25, 0.3) is 0 Å². The van der Waals surface area contributed by atoms with Crippen molar-refractivity contribution in [3.63, 3.8) is 0 Å². The molecule has 34 heteroatoms. The lowest BCUT2D eigenvalue weighted by Crippen LogP contribution is -2.61. The Kier molecular flexibility index (Phi) is 31.3. The molecular weight excluding hydrogens is 1180 g/mol. The number of aliphatic carboxylic acids is 3. The summed E-state index contributed by atoms with van der Waals surface area (Å²) in [6, 6.07) is -10.6. The van der Waals surface area contributed by atoms with Crippen molar-refractivity contribution in [2.45, 2.75) is 179 Å². The summed E-state index contributed by atoms with van der Waals surface area (Å²) in [6.07, 6.45) is -4.94. The molecule has 2 unspecified atom stereocenters. The van der Waals surface area contributed by atoms with Crippen LogP contribution in [0.1, 0.15) is 112 Å². The van der Waals surface area contributed by atoms with Crippen LogP contribution in [-0.2, 0) is 83.1 Å². The van der Waals surface area contributed by atoms with Crippen molar-refractivity contribution in [3.8, 4) is 5.75 Å². The molecule has 1 heterocycles. The molecule has 1 saturated heterocycles. The second-order valence-electron chi connectivity index (χ2n) is 21.7. The summed E-state index contributed by atoms with van der Waals surface area (Å²) in [5, 5.41) is 80.7. The zero-order chi connectivity index (χ0) is 67.6. The number of hydrogen-bond acceptors (Lipinski definition) is 19. The number of nitrogens with two attached hydrogens (primary N) is 1. The summed E-state index contributed by atoms with van der Waals surface area (Å²) >= 11 is 0. The van der Waals surface area contributed by atoms with Gasteiger partial charge in [-0.15, -0.1) is 0 Å². The molecule has 89 heavy (non-hydrogen) atoms. The van der Waals surface area contributed by atoms with E-state index in [1.165, 1.54) is 38.1 Å². The summed E-state index contributed by atoms with van der Waals surface area (Å²) in [7, 11) is 0. The van der Waals surface area contributed by atoms with E-state index in [0.717, 1.165) is 18.7 Å². The molecular formula is C55H82N12O22. The van der Waals surface area contributed by atoms with Crippen molar-refractivity contribution in [2.24, 2.45) is 17.6 Å². The first kappa shape index (κ1) is 75.8. The maximum absolute atomic E-state index is 14.3. The second kappa shape index (κ2) is 36.7. The minimum atomic E-state index is -2.01. The van der Waals surface area contributed by atoms with Gasteiger partial charge < -0.3 is 94.4 Å². The van der Waals surface area contributed by atoms with Gasteiger partial charge in [0.25, 0.3) is 5.91 Å². The molecule has 1 aromatic rings. The van der Waals surface area contributed by atoms with Crippen molar-refractivity contribution in [3.05, 3.63) is 29.8 Å². The van der Waals surface area contributed by atoms with Crippen molar-refractivity contribution in [1.29, 1.82) is 0 Å². The fourth-order valence-corrected chi connectivity index (χ4v) is 8.95. The quantitative estimate of drug-likeness (QED) is 0.0274. The molecule has 0 aromatic heterocycles. The Bertz CT molecular complexity index is 2760. The van der Waals surface area contributed by atoms with Gasteiger partial charge in [-0.2, -0.15) is 0 Å². The number of aliphatic hydroxyl groups excluding tert-OH is 2. The van der Waals surface area contributed by atoms with Crippen LogP contribution in [0.5, 0.6) is 5.75 Å². The highest BCUT2D eigenvalue weighted by Gasteiger charge is 2.42. The van der Waals surface area contributed by atoms with Gasteiger partial charge in [0.1, 0.15) is 60.1 Å². The number of phenolic OH excluding ortho intramolecular Hbond substituents is 1. The van der Waals surface area contributed by atoms with Crippen molar-refractivity contribution < 1.29 is 107 Å². The predicted molar refractivity (Wildman–Crippen MR) is 306 cm³/mol. The van der Waals surface area contributed by atoms with E-state index < -0.39 is 212 Å². The van der Waals surface area contributed by atoms with Gasteiger partial charge in [-0.1, -0.05) is 53.2 Å². The topological polar surface area (TPSA) is 544 Å². The number of amides is 12. The van der Waals surface area contributed by atoms with Gasteiger partial charge in [0.2, 0.25) is 70.8 Å². The second-order valence-corrected chi connectivity index (χ2v) is 21.7. The summed E-state index contributed by atoms with van der Waals surface area (Å²) < 4.78 is 0. The van der Waals surface area contributed by atoms with E-state index in [-0.39, 0.29) is 50.8 Å². The number of ketones is 1. The van der Waals surface area contributed by atoms with Gasteiger partial charge in [-0.3, -0.25) is 76.7 Å². The summed E-state index contributed by atoms with van der Waals surface area (Å²) in [6.45, 7) is 7.94. The molecule has 18 N–H and O–H groups in total. The fourth-order valence-electron chi connectivity index (χ4n) is 8.95. The Hall–Kier alpha value is -9.34. The molecule has 0 saturated carbocycles. The van der Waals surface area contributed by atoms with Gasteiger partial charge >= 0.3 is 17.9 Å². The maximum atomic E-state index is 14.3. The Morgan fingerprint density at radius 2 is 1.08 bits per heavy atom. The van der Waals surface area contributed by atoms with Gasteiger partial charge in [0.15, 0.2) is 0 Å². The molecule has 11 atom stereocenters. The molecule has 1 aliphatic heterocycles. The lowest BCUT2D eigenvalue weighted by molar-refractivity contribution is -0.144. The number of benzene rings is 1. The molecule has 0 bridgehead atoms. The van der Waals surface area contributed by atoms with Gasteiger partial charge in [0.05, 0.1) is 31.7 Å². The van der Waals surface area contributed by atoms with Crippen LogP contribution in [0.4, 0.5) is 0 Å². The van der Waals surface area contributed by atoms with Crippen molar-refractivity contribution in [2.75, 3.05) is 19.7 Å². The molecule has 34 nitrogen and oxygen atoms in total. The molecule has 1 aromatic carbocycles. The highest BCUT2D eigenvalue weighted by molar-refractivity contribution is 6.38. The van der Waals surface area contributed by atoms with Crippen LogP contribution >= 0.6 is 0 Å². The highest BCUT2D eigenvalue weighted by Crippen LogP contribution is 2.22. The standard InChI is InChI=1S/C55H82N12O22/c1-8-10-31(45(79)54(88)57-23-38(72)64-44(27(6)69)53(87)62-35(22-41(77)78)50(84)61-34(21-29-12-14-30(71)15-13-29)49(83)63-36(24-68)46(56)80)59-51(85)37-11-9-20-67(37)55(89)43(26(4)5)66-52(86)42(25(2)3)65-48(82)33(17-19-40(75)76)60-47(81)32(58-28(7)70)16-18-39(73)74/h12-15,25-27,31-37,42-44,68-69,71H,8-11,16-24H2,1-7H3,(H2,56,80)(H,57,88)(H,58,70)(H,59,85)(H,60,81)(H,61,84)(H,62,87)(H,63,83)(H,64,72)(H,65,82)(H,66,86)(H,73,74)(H,75,76)(H,77,78)/t27?,31-,32-,33-,34-,35-,36-,37?,42-,43-,44-/m0/s1. The van der Waals surface area contributed by atoms with E-state index in [0.29, 0.717) is 5.56 Å². The van der Waals surface area contributed by atoms with Crippen LogP contribution < -0.4 is 58.9 Å².